The van der Waals surface area contributed by atoms with Crippen LogP contribution < -0.4 is 4.80 Å². The Morgan fingerprint density at radius 2 is 2.14 bits per heavy atom. The number of aromatic nitrogens is 3. The molecule has 0 aliphatic heterocycles. The molecule has 2 heterocycles. The molecule has 3 rings (SSSR count). The molecule has 0 saturated carbocycles. The maximum Gasteiger partial charge on any atom is 0.300 e. The van der Waals surface area contributed by atoms with Crippen LogP contribution in [0.25, 0.3) is 10.2 Å². The van der Waals surface area contributed by atoms with Crippen LogP contribution in [0.1, 0.15) is 23.0 Å². The lowest BCUT2D eigenvalue weighted by atomic mass is 10.2. The van der Waals surface area contributed by atoms with Crippen LogP contribution >= 0.6 is 11.3 Å². The fourth-order valence-electron chi connectivity index (χ4n) is 2.18. The molecule has 21 heavy (non-hydrogen) atoms. The van der Waals surface area contributed by atoms with Crippen LogP contribution in [0, 0.1) is 0 Å². The fraction of sp³-hybridized carbons (Fsp3) is 0.267. The molecule has 0 spiro atoms. The minimum atomic E-state index is -0.312. The number of rotatable bonds is 2. The van der Waals surface area contributed by atoms with Gasteiger partial charge in [-0.15, -0.1) is 0 Å². The molecule has 1 aromatic carbocycles. The van der Waals surface area contributed by atoms with Gasteiger partial charge in [0, 0.05) is 20.3 Å². The highest BCUT2D eigenvalue weighted by atomic mass is 32.1. The lowest BCUT2D eigenvalue weighted by molar-refractivity contribution is 0.0992. The van der Waals surface area contributed by atoms with Crippen LogP contribution in [0.15, 0.2) is 35.5 Å². The van der Waals surface area contributed by atoms with Gasteiger partial charge in [-0.25, -0.2) is 0 Å². The topological polar surface area (TPSA) is 52.2 Å². The minimum Gasteiger partial charge on any atom is -0.319 e. The maximum absolute atomic E-state index is 12.1. The van der Waals surface area contributed by atoms with Gasteiger partial charge in [-0.05, 0) is 30.2 Å². The van der Waals surface area contributed by atoms with Gasteiger partial charge in [-0.1, -0.05) is 24.3 Å². The Morgan fingerprint density at radius 3 is 2.81 bits per heavy atom. The smallest absolute Gasteiger partial charge is 0.300 e. The van der Waals surface area contributed by atoms with E-state index in [1.54, 1.807) is 24.0 Å². The minimum absolute atomic E-state index is 0.312. The first-order valence-electron chi connectivity index (χ1n) is 6.75. The summed E-state index contributed by atoms with van der Waals surface area (Å²) in [6.07, 6.45) is 2.73. The normalized spacial score (nSPS) is 12.2. The second kappa shape index (κ2) is 5.29. The summed E-state index contributed by atoms with van der Waals surface area (Å²) in [7, 11) is 3.71. The van der Waals surface area contributed by atoms with E-state index in [4.69, 9.17) is 0 Å². The Labute approximate surface area is 126 Å². The molecule has 6 heteroatoms. The molecule has 108 valence electrons. The molecule has 0 atom stereocenters. The van der Waals surface area contributed by atoms with E-state index in [0.29, 0.717) is 10.5 Å². The number of benzene rings is 1. The number of amides is 1. The molecule has 3 aromatic rings. The molecule has 0 fully saturated rings. The fourth-order valence-corrected chi connectivity index (χ4v) is 3.26. The molecule has 5 nitrogen and oxygen atoms in total. The van der Waals surface area contributed by atoms with Gasteiger partial charge in [0.25, 0.3) is 5.91 Å². The van der Waals surface area contributed by atoms with Crippen LogP contribution in [0.5, 0.6) is 0 Å². The van der Waals surface area contributed by atoms with Crippen LogP contribution in [0.4, 0.5) is 0 Å². The maximum atomic E-state index is 12.1. The van der Waals surface area contributed by atoms with E-state index in [9.17, 15) is 4.79 Å². The highest BCUT2D eigenvalue weighted by Crippen LogP contribution is 2.18. The molecule has 1 amide bonds. The third-order valence-corrected chi connectivity index (χ3v) is 4.51. The number of fused-ring (bicyclic) bond motifs is 1. The van der Waals surface area contributed by atoms with Gasteiger partial charge in [0.1, 0.15) is 0 Å². The molecular weight excluding hydrogens is 284 g/mol. The molecule has 0 unspecified atom stereocenters. The quantitative estimate of drug-likeness (QED) is 0.729. The zero-order chi connectivity index (χ0) is 15.0. The SMILES string of the molecule is CCc1ccc2c(c1)sc(=NC(=O)c1ccn(C)n1)n2C. The van der Waals surface area contributed by atoms with Crippen LogP contribution in [-0.2, 0) is 20.5 Å². The average molecular weight is 300 g/mol. The number of hydrogen-bond acceptors (Lipinski definition) is 3. The molecular formula is C15H16N4OS. The van der Waals surface area contributed by atoms with Crippen molar-refractivity contribution < 1.29 is 4.79 Å². The first kappa shape index (κ1) is 13.8. The summed E-state index contributed by atoms with van der Waals surface area (Å²) in [5, 5.41) is 4.09. The number of nitrogens with zero attached hydrogens (tertiary/aromatic N) is 4. The number of aryl methyl sites for hydroxylation is 3. The Hall–Kier alpha value is -2.21. The van der Waals surface area contributed by atoms with Gasteiger partial charge >= 0.3 is 0 Å². The van der Waals surface area contributed by atoms with Crippen molar-refractivity contribution in [3.05, 3.63) is 46.5 Å². The third-order valence-electron chi connectivity index (χ3n) is 3.41. The summed E-state index contributed by atoms with van der Waals surface area (Å²) in [6, 6.07) is 8.02. The van der Waals surface area contributed by atoms with E-state index in [0.717, 1.165) is 16.6 Å². The number of thiazole rings is 1. The predicted octanol–water partition coefficient (Wildman–Crippen LogP) is 2.28. The van der Waals surface area contributed by atoms with E-state index in [2.05, 4.69) is 35.2 Å². The van der Waals surface area contributed by atoms with Gasteiger partial charge in [0.2, 0.25) is 0 Å². The Kier molecular flexibility index (Phi) is 3.47. The van der Waals surface area contributed by atoms with Crippen molar-refractivity contribution >= 4 is 27.5 Å². The highest BCUT2D eigenvalue weighted by molar-refractivity contribution is 7.16. The molecule has 0 aliphatic rings. The zero-order valence-corrected chi connectivity index (χ0v) is 13.0. The second-order valence-corrected chi connectivity index (χ2v) is 5.90. The molecule has 0 saturated heterocycles. The van der Waals surface area contributed by atoms with Crippen molar-refractivity contribution in [3.8, 4) is 0 Å². The number of hydrogen-bond donors (Lipinski definition) is 0. The summed E-state index contributed by atoms with van der Waals surface area (Å²) >= 11 is 1.52. The first-order chi connectivity index (χ1) is 10.1. The van der Waals surface area contributed by atoms with E-state index < -0.39 is 0 Å². The standard InChI is InChI=1S/C15H16N4OS/c1-4-10-5-6-12-13(9-10)21-15(19(12)3)16-14(20)11-7-8-18(2)17-11/h5-9H,4H2,1-3H3. The lowest BCUT2D eigenvalue weighted by Gasteiger charge is -1.97. The Bertz CT molecular complexity index is 885. The summed E-state index contributed by atoms with van der Waals surface area (Å²) in [6.45, 7) is 2.13. The molecule has 0 aliphatic carbocycles. The van der Waals surface area contributed by atoms with Gasteiger partial charge in [-0.2, -0.15) is 10.1 Å². The Morgan fingerprint density at radius 1 is 1.33 bits per heavy atom. The van der Waals surface area contributed by atoms with Crippen molar-refractivity contribution in [2.45, 2.75) is 13.3 Å². The van der Waals surface area contributed by atoms with Gasteiger partial charge in [0.15, 0.2) is 10.5 Å². The van der Waals surface area contributed by atoms with Crippen molar-refractivity contribution in [1.82, 2.24) is 14.3 Å². The highest BCUT2D eigenvalue weighted by Gasteiger charge is 2.09. The Balaban J connectivity index is 2.09. The molecule has 0 bridgehead atoms. The average Bonchev–Trinajstić information content (AvgIpc) is 3.03. The number of carbonyl (C=O) groups is 1. The second-order valence-electron chi connectivity index (χ2n) is 4.89. The van der Waals surface area contributed by atoms with Gasteiger partial charge in [0.05, 0.1) is 10.2 Å². The summed E-state index contributed by atoms with van der Waals surface area (Å²) in [5.41, 5.74) is 2.74. The molecule has 0 N–H and O–H groups in total. The summed E-state index contributed by atoms with van der Waals surface area (Å²) < 4.78 is 4.69. The predicted molar refractivity (Wildman–Crippen MR) is 83.3 cm³/mol. The van der Waals surface area contributed by atoms with E-state index in [-0.39, 0.29) is 5.91 Å². The van der Waals surface area contributed by atoms with Crippen molar-refractivity contribution in [2.24, 2.45) is 19.1 Å². The van der Waals surface area contributed by atoms with E-state index in [1.165, 1.54) is 16.9 Å². The van der Waals surface area contributed by atoms with Gasteiger partial charge in [-0.3, -0.25) is 9.48 Å². The van der Waals surface area contributed by atoms with E-state index in [1.807, 2.05) is 11.6 Å². The van der Waals surface area contributed by atoms with Gasteiger partial charge < -0.3 is 4.57 Å². The summed E-state index contributed by atoms with van der Waals surface area (Å²) in [5.74, 6) is -0.312. The van der Waals surface area contributed by atoms with Crippen molar-refractivity contribution in [1.29, 1.82) is 0 Å². The van der Waals surface area contributed by atoms with E-state index >= 15 is 0 Å². The van der Waals surface area contributed by atoms with Crippen LogP contribution in [0.3, 0.4) is 0 Å². The van der Waals surface area contributed by atoms with Crippen molar-refractivity contribution in [2.75, 3.05) is 0 Å². The lowest BCUT2D eigenvalue weighted by Crippen LogP contribution is -2.13. The number of carbonyl (C=O) groups excluding carboxylic acids is 1. The van der Waals surface area contributed by atoms with Crippen LogP contribution in [-0.4, -0.2) is 20.3 Å². The van der Waals surface area contributed by atoms with Crippen molar-refractivity contribution in [3.63, 3.8) is 0 Å². The summed E-state index contributed by atoms with van der Waals surface area (Å²) in [4.78, 5) is 17.0. The largest absolute Gasteiger partial charge is 0.319 e. The monoisotopic (exact) mass is 300 g/mol. The zero-order valence-electron chi connectivity index (χ0n) is 12.2. The third kappa shape index (κ3) is 2.54. The first-order valence-corrected chi connectivity index (χ1v) is 7.57. The molecule has 2 aromatic heterocycles. The van der Waals surface area contributed by atoms with Crippen LogP contribution in [0.2, 0.25) is 0 Å². The molecule has 0 radical (unpaired) electrons.